The van der Waals surface area contributed by atoms with Gasteiger partial charge in [-0.3, -0.25) is 0 Å². The van der Waals surface area contributed by atoms with Gasteiger partial charge in [-0.05, 0) is 37.6 Å². The topological polar surface area (TPSA) is 38.2 Å². The molecule has 124 valence electrons. The minimum atomic E-state index is -0.00959. The lowest BCUT2D eigenvalue weighted by atomic mass is 10.1. The van der Waals surface area contributed by atoms with Crippen LogP contribution < -0.4 is 4.90 Å². The molecule has 1 aliphatic rings. The summed E-state index contributed by atoms with van der Waals surface area (Å²) in [5, 5.41) is 1.86. The standard InChI is InChI=1S/C18H18ClN3OS/c1-11-9-23-16(13-4-3-5-14(19)7-13)8-22(11)17-15-6-12(2)24-18(15)21-10-20-17/h3-7,10-11,16H,8-9H2,1-2H3. The number of halogens is 1. The fourth-order valence-electron chi connectivity index (χ4n) is 3.15. The van der Waals surface area contributed by atoms with Crippen LogP contribution in [0.5, 0.6) is 0 Å². The summed E-state index contributed by atoms with van der Waals surface area (Å²) in [5.74, 6) is 0.993. The van der Waals surface area contributed by atoms with Crippen LogP contribution in [0.2, 0.25) is 5.02 Å². The number of morpholine rings is 1. The molecule has 1 fully saturated rings. The first-order valence-electron chi connectivity index (χ1n) is 7.96. The van der Waals surface area contributed by atoms with Crippen LogP contribution in [0.1, 0.15) is 23.5 Å². The predicted octanol–water partition coefficient (Wildman–Crippen LogP) is 4.62. The second kappa shape index (κ2) is 6.31. The van der Waals surface area contributed by atoms with E-state index in [1.807, 2.05) is 18.2 Å². The molecule has 0 bridgehead atoms. The number of hydrogen-bond acceptors (Lipinski definition) is 5. The Kier molecular flexibility index (Phi) is 4.16. The number of aromatic nitrogens is 2. The Balaban J connectivity index is 1.70. The Bertz CT molecular complexity index is 882. The molecule has 1 aliphatic heterocycles. The molecule has 1 saturated heterocycles. The number of thiophene rings is 1. The van der Waals surface area contributed by atoms with Crippen LogP contribution in [0.4, 0.5) is 5.82 Å². The Labute approximate surface area is 150 Å². The van der Waals surface area contributed by atoms with Crippen molar-refractivity contribution >= 4 is 39.0 Å². The zero-order valence-electron chi connectivity index (χ0n) is 13.6. The van der Waals surface area contributed by atoms with E-state index in [0.29, 0.717) is 6.61 Å². The number of nitrogens with zero attached hydrogens (tertiary/aromatic N) is 3. The van der Waals surface area contributed by atoms with Crippen LogP contribution in [0.3, 0.4) is 0 Å². The van der Waals surface area contributed by atoms with Crippen molar-refractivity contribution in [1.82, 2.24) is 9.97 Å². The molecule has 3 aromatic rings. The Morgan fingerprint density at radius 1 is 1.29 bits per heavy atom. The Morgan fingerprint density at radius 3 is 3.00 bits per heavy atom. The molecule has 0 spiro atoms. The van der Waals surface area contributed by atoms with Crippen LogP contribution in [0.25, 0.3) is 10.2 Å². The van der Waals surface area contributed by atoms with Gasteiger partial charge < -0.3 is 9.64 Å². The highest BCUT2D eigenvalue weighted by atomic mass is 35.5. The first-order chi connectivity index (χ1) is 11.6. The van der Waals surface area contributed by atoms with Crippen molar-refractivity contribution < 1.29 is 4.74 Å². The molecule has 1 aromatic carbocycles. The summed E-state index contributed by atoms with van der Waals surface area (Å²) < 4.78 is 6.06. The second-order valence-corrected chi connectivity index (χ2v) is 7.82. The van der Waals surface area contributed by atoms with Gasteiger partial charge >= 0.3 is 0 Å². The first kappa shape index (κ1) is 15.8. The van der Waals surface area contributed by atoms with E-state index in [0.717, 1.165) is 33.2 Å². The minimum Gasteiger partial charge on any atom is -0.370 e. The number of ether oxygens (including phenoxy) is 1. The van der Waals surface area contributed by atoms with Crippen LogP contribution in [0.15, 0.2) is 36.7 Å². The zero-order chi connectivity index (χ0) is 16.7. The Hall–Kier alpha value is -1.69. The fourth-order valence-corrected chi connectivity index (χ4v) is 4.19. The van der Waals surface area contributed by atoms with E-state index in [4.69, 9.17) is 16.3 Å². The molecule has 2 aromatic heterocycles. The third-order valence-corrected chi connectivity index (χ3v) is 5.55. The van der Waals surface area contributed by atoms with Crippen LogP contribution in [-0.4, -0.2) is 29.2 Å². The van der Waals surface area contributed by atoms with Gasteiger partial charge in [0.15, 0.2) is 0 Å². The first-order valence-corrected chi connectivity index (χ1v) is 9.16. The molecule has 2 unspecified atom stereocenters. The average Bonchev–Trinajstić information content (AvgIpc) is 2.95. The van der Waals surface area contributed by atoms with Crippen molar-refractivity contribution in [3.63, 3.8) is 0 Å². The van der Waals surface area contributed by atoms with Crippen molar-refractivity contribution in [3.05, 3.63) is 52.1 Å². The maximum atomic E-state index is 6.14. The van der Waals surface area contributed by atoms with E-state index in [9.17, 15) is 0 Å². The summed E-state index contributed by atoms with van der Waals surface area (Å²) in [5.41, 5.74) is 1.10. The average molecular weight is 360 g/mol. The summed E-state index contributed by atoms with van der Waals surface area (Å²) in [6, 6.07) is 10.3. The molecule has 6 heteroatoms. The van der Waals surface area contributed by atoms with Gasteiger partial charge in [-0.1, -0.05) is 23.7 Å². The number of benzene rings is 1. The third-order valence-electron chi connectivity index (χ3n) is 4.36. The minimum absolute atomic E-state index is 0.00959. The van der Waals surface area contributed by atoms with Crippen LogP contribution >= 0.6 is 22.9 Å². The molecule has 24 heavy (non-hydrogen) atoms. The zero-order valence-corrected chi connectivity index (χ0v) is 15.1. The highest BCUT2D eigenvalue weighted by Gasteiger charge is 2.29. The van der Waals surface area contributed by atoms with Crippen LogP contribution in [-0.2, 0) is 4.74 Å². The molecule has 0 radical (unpaired) electrons. The van der Waals surface area contributed by atoms with Gasteiger partial charge in [-0.25, -0.2) is 9.97 Å². The Morgan fingerprint density at radius 2 is 2.17 bits per heavy atom. The summed E-state index contributed by atoms with van der Waals surface area (Å²) in [6.45, 7) is 5.68. The monoisotopic (exact) mass is 359 g/mol. The molecule has 0 aliphatic carbocycles. The maximum absolute atomic E-state index is 6.14. The van der Waals surface area contributed by atoms with Crippen molar-refractivity contribution in [2.24, 2.45) is 0 Å². The number of hydrogen-bond donors (Lipinski definition) is 0. The largest absolute Gasteiger partial charge is 0.370 e. The third kappa shape index (κ3) is 2.88. The normalized spacial score (nSPS) is 21.4. The quantitative estimate of drug-likeness (QED) is 0.669. The molecule has 2 atom stereocenters. The van der Waals surface area contributed by atoms with Crippen molar-refractivity contribution in [2.75, 3.05) is 18.1 Å². The molecule has 3 heterocycles. The number of rotatable bonds is 2. The number of anilines is 1. The number of fused-ring (bicyclic) bond motifs is 1. The van der Waals surface area contributed by atoms with Gasteiger partial charge in [0.1, 0.15) is 23.1 Å². The molecule has 4 nitrogen and oxygen atoms in total. The van der Waals surface area contributed by atoms with Gasteiger partial charge in [0.2, 0.25) is 0 Å². The molecule has 0 saturated carbocycles. The van der Waals surface area contributed by atoms with Crippen molar-refractivity contribution in [1.29, 1.82) is 0 Å². The van der Waals surface area contributed by atoms with Gasteiger partial charge in [-0.15, -0.1) is 11.3 Å². The summed E-state index contributed by atoms with van der Waals surface area (Å²) in [7, 11) is 0. The fraction of sp³-hybridized carbons (Fsp3) is 0.333. The lowest BCUT2D eigenvalue weighted by molar-refractivity contribution is 0.0213. The van der Waals surface area contributed by atoms with Crippen molar-refractivity contribution in [3.8, 4) is 0 Å². The van der Waals surface area contributed by atoms with E-state index in [2.05, 4.69) is 40.8 Å². The van der Waals surface area contributed by atoms with E-state index >= 15 is 0 Å². The summed E-state index contributed by atoms with van der Waals surface area (Å²) in [4.78, 5) is 13.6. The molecular weight excluding hydrogens is 342 g/mol. The van der Waals surface area contributed by atoms with Gasteiger partial charge in [0, 0.05) is 9.90 Å². The van der Waals surface area contributed by atoms with E-state index in [-0.39, 0.29) is 12.1 Å². The smallest absolute Gasteiger partial charge is 0.141 e. The van der Waals surface area contributed by atoms with Gasteiger partial charge in [0.25, 0.3) is 0 Å². The van der Waals surface area contributed by atoms with Crippen LogP contribution in [0, 0.1) is 6.92 Å². The van der Waals surface area contributed by atoms with E-state index in [1.54, 1.807) is 17.7 Å². The molecule has 4 rings (SSSR count). The summed E-state index contributed by atoms with van der Waals surface area (Å²) in [6.07, 6.45) is 1.65. The molecule has 0 N–H and O–H groups in total. The summed E-state index contributed by atoms with van der Waals surface area (Å²) >= 11 is 7.84. The van der Waals surface area contributed by atoms with Gasteiger partial charge in [0.05, 0.1) is 24.6 Å². The maximum Gasteiger partial charge on any atom is 0.141 e. The van der Waals surface area contributed by atoms with E-state index < -0.39 is 0 Å². The SMILES string of the molecule is Cc1cc2c(N3CC(c4cccc(Cl)c4)OCC3C)ncnc2s1. The van der Waals surface area contributed by atoms with Crippen molar-refractivity contribution in [2.45, 2.75) is 26.0 Å². The molecule has 0 amide bonds. The second-order valence-electron chi connectivity index (χ2n) is 6.15. The molecular formula is C18H18ClN3OS. The lowest BCUT2D eigenvalue weighted by Gasteiger charge is -2.39. The van der Waals surface area contributed by atoms with E-state index in [1.165, 1.54) is 4.88 Å². The predicted molar refractivity (Wildman–Crippen MR) is 99.1 cm³/mol. The van der Waals surface area contributed by atoms with Gasteiger partial charge in [-0.2, -0.15) is 0 Å². The lowest BCUT2D eigenvalue weighted by Crippen LogP contribution is -2.45. The highest BCUT2D eigenvalue weighted by molar-refractivity contribution is 7.18. The number of aryl methyl sites for hydroxylation is 1. The highest BCUT2D eigenvalue weighted by Crippen LogP contribution is 2.34.